The Bertz CT molecular complexity index is 1060. The number of aliphatic hydroxyl groups excluding tert-OH is 2. The topological polar surface area (TPSA) is 151 Å². The number of nitrogen functional groups attached to an aromatic ring is 1. The van der Waals surface area contributed by atoms with Crippen LogP contribution in [0.25, 0.3) is 22.3 Å². The van der Waals surface area contributed by atoms with Gasteiger partial charge in [0.25, 0.3) is 0 Å². The number of fused-ring (bicyclic) bond motifs is 1. The Kier molecular flexibility index (Phi) is 5.07. The zero-order valence-electron chi connectivity index (χ0n) is 15.8. The summed E-state index contributed by atoms with van der Waals surface area (Å²) in [7, 11) is 0. The van der Waals surface area contributed by atoms with Crippen molar-refractivity contribution in [1.29, 1.82) is 0 Å². The van der Waals surface area contributed by atoms with Crippen LogP contribution < -0.4 is 11.1 Å². The van der Waals surface area contributed by atoms with Crippen molar-refractivity contribution in [1.82, 2.24) is 15.0 Å². The summed E-state index contributed by atoms with van der Waals surface area (Å²) in [5.41, 5.74) is 5.85. The molecule has 0 saturated heterocycles. The molecule has 10 heteroatoms. The fourth-order valence-electron chi connectivity index (χ4n) is 3.70. The molecule has 0 amide bonds. The summed E-state index contributed by atoms with van der Waals surface area (Å²) in [6.45, 7) is 1.77. The van der Waals surface area contributed by atoms with Crippen molar-refractivity contribution < 1.29 is 19.7 Å². The number of aromatic nitrogens is 3. The Morgan fingerprint density at radius 2 is 2.17 bits per heavy atom. The molecule has 3 unspecified atom stereocenters. The molecule has 9 nitrogen and oxygen atoms in total. The number of pyridine rings is 1. The van der Waals surface area contributed by atoms with Crippen molar-refractivity contribution in [3.63, 3.8) is 0 Å². The van der Waals surface area contributed by atoms with Crippen molar-refractivity contribution in [2.24, 2.45) is 5.92 Å². The van der Waals surface area contributed by atoms with Gasteiger partial charge < -0.3 is 30.8 Å². The first-order valence-corrected chi connectivity index (χ1v) is 9.73. The van der Waals surface area contributed by atoms with Gasteiger partial charge in [0.2, 0.25) is 5.95 Å². The van der Waals surface area contributed by atoms with E-state index in [-0.39, 0.29) is 29.9 Å². The normalized spacial score (nSPS) is 24.3. The Morgan fingerprint density at radius 3 is 2.86 bits per heavy atom. The second kappa shape index (κ2) is 7.42. The molecule has 3 aromatic rings. The van der Waals surface area contributed by atoms with Gasteiger partial charge in [-0.2, -0.15) is 4.98 Å². The van der Waals surface area contributed by atoms with E-state index >= 15 is 0 Å². The number of hydrogen-bond acceptors (Lipinski definition) is 9. The molecule has 0 radical (unpaired) electrons. The number of nitrogens with zero attached hydrogens (tertiary/aromatic N) is 3. The summed E-state index contributed by atoms with van der Waals surface area (Å²) in [5, 5.41) is 34.5. The molecule has 1 saturated carbocycles. The molecule has 0 aliphatic heterocycles. The number of aryl methyl sites for hydroxylation is 1. The molecule has 1 aliphatic rings. The first-order chi connectivity index (χ1) is 13.8. The third kappa shape index (κ3) is 3.51. The summed E-state index contributed by atoms with van der Waals surface area (Å²) in [5.74, 6) is -0.0415. The maximum atomic E-state index is 10.9. The van der Waals surface area contributed by atoms with Gasteiger partial charge in [-0.1, -0.05) is 18.5 Å². The summed E-state index contributed by atoms with van der Waals surface area (Å²) < 4.78 is 5.89. The van der Waals surface area contributed by atoms with E-state index in [0.717, 1.165) is 17.5 Å². The monoisotopic (exact) mass is 419 g/mol. The van der Waals surface area contributed by atoms with Gasteiger partial charge in [0.05, 0.1) is 11.8 Å². The number of nitrogens with two attached hydrogens (primary N) is 1. The lowest BCUT2D eigenvalue weighted by molar-refractivity contribution is -0.0545. The van der Waals surface area contributed by atoms with Crippen molar-refractivity contribution in [3.05, 3.63) is 29.2 Å². The fourth-order valence-corrected chi connectivity index (χ4v) is 3.97. The molecule has 4 rings (SSSR count). The summed E-state index contributed by atoms with van der Waals surface area (Å²) in [6, 6.07) is 3.70. The van der Waals surface area contributed by atoms with Gasteiger partial charge >= 0.3 is 0 Å². The van der Waals surface area contributed by atoms with Crippen LogP contribution in [-0.2, 0) is 6.42 Å². The van der Waals surface area contributed by atoms with Gasteiger partial charge in [-0.15, -0.1) is 0 Å². The van der Waals surface area contributed by atoms with E-state index in [1.807, 2.05) is 13.0 Å². The Balaban J connectivity index is 1.79. The minimum Gasteiger partial charge on any atom is -0.454 e. The van der Waals surface area contributed by atoms with E-state index in [9.17, 15) is 15.3 Å². The Morgan fingerprint density at radius 1 is 1.38 bits per heavy atom. The van der Waals surface area contributed by atoms with Crippen LogP contribution in [-0.4, -0.2) is 48.7 Å². The molecule has 154 valence electrons. The largest absolute Gasteiger partial charge is 0.454 e. The quantitative estimate of drug-likeness (QED) is 0.308. The predicted molar refractivity (Wildman–Crippen MR) is 108 cm³/mol. The zero-order chi connectivity index (χ0) is 20.8. The lowest BCUT2D eigenvalue weighted by Crippen LogP contribution is -2.48. The first-order valence-electron chi connectivity index (χ1n) is 9.36. The summed E-state index contributed by atoms with van der Waals surface area (Å²) in [4.78, 5) is 12.5. The highest BCUT2D eigenvalue weighted by Crippen LogP contribution is 2.41. The number of rotatable bonds is 5. The van der Waals surface area contributed by atoms with Crippen molar-refractivity contribution in [2.45, 2.75) is 38.0 Å². The van der Waals surface area contributed by atoms with Gasteiger partial charge in [0, 0.05) is 23.6 Å². The minimum absolute atomic E-state index is 0.0394. The van der Waals surface area contributed by atoms with E-state index < -0.39 is 17.7 Å². The zero-order valence-corrected chi connectivity index (χ0v) is 16.5. The molecule has 3 aromatic heterocycles. The average Bonchev–Trinajstić information content (AvgIpc) is 3.21. The molecule has 1 fully saturated rings. The molecular formula is C19H22ClN5O4. The number of halogens is 1. The van der Waals surface area contributed by atoms with E-state index in [4.69, 9.17) is 21.8 Å². The third-order valence-electron chi connectivity index (χ3n) is 5.35. The highest BCUT2D eigenvalue weighted by atomic mass is 35.5. The van der Waals surface area contributed by atoms with Crippen molar-refractivity contribution in [3.8, 4) is 11.3 Å². The van der Waals surface area contributed by atoms with E-state index in [1.165, 1.54) is 0 Å². The molecule has 3 heterocycles. The molecule has 29 heavy (non-hydrogen) atoms. The van der Waals surface area contributed by atoms with Gasteiger partial charge in [-0.3, -0.25) is 4.98 Å². The van der Waals surface area contributed by atoms with Crippen molar-refractivity contribution >= 4 is 34.3 Å². The lowest BCUT2D eigenvalue weighted by Gasteiger charge is -2.30. The Hall–Kier alpha value is -2.46. The van der Waals surface area contributed by atoms with E-state index in [0.29, 0.717) is 23.3 Å². The fraction of sp³-hybridized carbons (Fsp3) is 0.421. The molecular weight excluding hydrogens is 398 g/mol. The van der Waals surface area contributed by atoms with Gasteiger partial charge in [-0.25, -0.2) is 4.98 Å². The summed E-state index contributed by atoms with van der Waals surface area (Å²) in [6.07, 6.45) is 1.89. The van der Waals surface area contributed by atoms with Gasteiger partial charge in [-0.05, 0) is 31.4 Å². The smallest absolute Gasteiger partial charge is 0.223 e. The number of aliphatic hydroxyl groups is 3. The third-order valence-corrected chi connectivity index (χ3v) is 5.63. The van der Waals surface area contributed by atoms with Crippen LogP contribution in [0.4, 0.5) is 11.8 Å². The van der Waals surface area contributed by atoms with Crippen LogP contribution in [0, 0.1) is 5.92 Å². The number of furan rings is 1. The number of nitrogens with one attached hydrogen (secondary N) is 1. The van der Waals surface area contributed by atoms with Crippen LogP contribution in [0.5, 0.6) is 0 Å². The second-order valence-electron chi connectivity index (χ2n) is 7.25. The molecule has 0 aromatic carbocycles. The predicted octanol–water partition coefficient (Wildman–Crippen LogP) is 1.95. The van der Waals surface area contributed by atoms with Crippen LogP contribution in [0.1, 0.15) is 25.5 Å². The highest BCUT2D eigenvalue weighted by molar-refractivity contribution is 6.32. The molecule has 1 aliphatic carbocycles. The first kappa shape index (κ1) is 19.8. The highest BCUT2D eigenvalue weighted by Gasteiger charge is 2.47. The van der Waals surface area contributed by atoms with Crippen LogP contribution in [0.15, 0.2) is 22.7 Å². The second-order valence-corrected chi connectivity index (χ2v) is 7.61. The van der Waals surface area contributed by atoms with Crippen LogP contribution >= 0.6 is 11.6 Å². The van der Waals surface area contributed by atoms with Crippen LogP contribution in [0.3, 0.4) is 0 Å². The van der Waals surface area contributed by atoms with Gasteiger partial charge in [0.1, 0.15) is 22.8 Å². The number of hydrogen-bond donors (Lipinski definition) is 5. The SMILES string of the molecule is CCc1cc2cc(-c3c(Cl)nc(N)nc3NC3(O)CCC(CO)C3O)oc2cn1. The number of anilines is 2. The maximum absolute atomic E-state index is 10.9. The van der Waals surface area contributed by atoms with Crippen LogP contribution in [0.2, 0.25) is 5.15 Å². The maximum Gasteiger partial charge on any atom is 0.223 e. The van der Waals surface area contributed by atoms with Gasteiger partial charge in [0.15, 0.2) is 11.3 Å². The lowest BCUT2D eigenvalue weighted by atomic mass is 10.0. The van der Waals surface area contributed by atoms with E-state index in [2.05, 4.69) is 20.3 Å². The molecule has 3 atom stereocenters. The Labute approximate surface area is 171 Å². The molecule has 6 N–H and O–H groups in total. The molecule has 0 bridgehead atoms. The standard InChI is InChI=1S/C19H22ClN5O4/c1-2-11-5-10-6-12(29-13(10)7-22-11)14-16(20)23-18(21)24-17(14)25-19(28)4-3-9(8-26)15(19)27/h5-7,9,15,26-28H,2-4,8H2,1H3,(H3,21,23,24,25). The molecule has 0 spiro atoms. The van der Waals surface area contributed by atoms with Crippen molar-refractivity contribution in [2.75, 3.05) is 17.7 Å². The summed E-state index contributed by atoms with van der Waals surface area (Å²) >= 11 is 6.35. The van der Waals surface area contributed by atoms with E-state index in [1.54, 1.807) is 12.3 Å². The average molecular weight is 420 g/mol. The minimum atomic E-state index is -1.70.